The van der Waals surface area contributed by atoms with Gasteiger partial charge in [-0.2, -0.15) is 0 Å². The van der Waals surface area contributed by atoms with E-state index in [0.29, 0.717) is 20.4 Å². The molecule has 2 aromatic heterocycles. The third-order valence-corrected chi connectivity index (χ3v) is 3.27. The van der Waals surface area contributed by atoms with Gasteiger partial charge in [-0.15, -0.1) is 0 Å². The molecule has 0 bridgehead atoms. The first kappa shape index (κ1) is 10.4. The zero-order chi connectivity index (χ0) is 10.8. The molecule has 0 aromatic carbocycles. The van der Waals surface area contributed by atoms with Crippen LogP contribution in [0.1, 0.15) is 15.4 Å². The van der Waals surface area contributed by atoms with Crippen LogP contribution in [0.4, 0.5) is 0 Å². The Morgan fingerprint density at radius 1 is 1.40 bits per heavy atom. The van der Waals surface area contributed by atoms with Crippen LogP contribution in [0.5, 0.6) is 5.06 Å². The largest absolute Gasteiger partial charge is 0.487 e. The normalized spacial score (nSPS) is 10.3. The molecule has 0 atom stereocenters. The smallest absolute Gasteiger partial charge is 0.238 e. The average molecular weight is 287 g/mol. The highest BCUT2D eigenvalue weighted by Crippen LogP contribution is 2.27. The van der Waals surface area contributed by atoms with Gasteiger partial charge in [0.25, 0.3) is 0 Å². The van der Waals surface area contributed by atoms with Crippen LogP contribution in [0.3, 0.4) is 0 Å². The second-order valence-corrected chi connectivity index (χ2v) is 4.58. The van der Waals surface area contributed by atoms with Crippen LogP contribution in [0.15, 0.2) is 33.4 Å². The Hall–Kier alpha value is -1.07. The van der Waals surface area contributed by atoms with Crippen molar-refractivity contribution in [2.45, 2.75) is 0 Å². The molecule has 0 aliphatic heterocycles. The molecule has 0 unspecified atom stereocenters. The maximum atomic E-state index is 11.8. The van der Waals surface area contributed by atoms with E-state index in [2.05, 4.69) is 15.9 Å². The van der Waals surface area contributed by atoms with Crippen molar-refractivity contribution in [3.63, 3.8) is 0 Å². The van der Waals surface area contributed by atoms with Crippen LogP contribution >= 0.6 is 27.3 Å². The van der Waals surface area contributed by atoms with E-state index >= 15 is 0 Å². The van der Waals surface area contributed by atoms with E-state index < -0.39 is 0 Å². The van der Waals surface area contributed by atoms with Gasteiger partial charge in [0.2, 0.25) is 5.78 Å². The molecule has 0 N–H and O–H groups in total. The fraction of sp³-hybridized carbons (Fsp3) is 0.100. The molecular formula is C10H7BrO3S. The van der Waals surface area contributed by atoms with Crippen LogP contribution in [-0.2, 0) is 0 Å². The molecule has 0 aliphatic rings. The highest BCUT2D eigenvalue weighted by Gasteiger charge is 2.15. The van der Waals surface area contributed by atoms with Crippen molar-refractivity contribution in [3.05, 3.63) is 39.6 Å². The number of ketones is 1. The summed E-state index contributed by atoms with van der Waals surface area (Å²) in [6.07, 6.45) is 0. The molecule has 2 rings (SSSR count). The lowest BCUT2D eigenvalue weighted by Gasteiger charge is -1.92. The van der Waals surface area contributed by atoms with Gasteiger partial charge in [-0.05, 0) is 40.2 Å². The number of furan rings is 1. The minimum Gasteiger partial charge on any atom is -0.487 e. The molecule has 0 spiro atoms. The number of ether oxygens (including phenoxy) is 1. The first-order chi connectivity index (χ1) is 7.20. The molecule has 15 heavy (non-hydrogen) atoms. The third-order valence-electron chi connectivity index (χ3n) is 1.80. The Morgan fingerprint density at radius 3 is 2.73 bits per heavy atom. The van der Waals surface area contributed by atoms with Gasteiger partial charge in [-0.3, -0.25) is 4.79 Å². The van der Waals surface area contributed by atoms with Crippen LogP contribution in [-0.4, -0.2) is 12.9 Å². The molecule has 0 saturated carbocycles. The summed E-state index contributed by atoms with van der Waals surface area (Å²) < 4.78 is 10.7. The second-order valence-electron chi connectivity index (χ2n) is 2.76. The van der Waals surface area contributed by atoms with Crippen LogP contribution < -0.4 is 4.74 Å². The maximum Gasteiger partial charge on any atom is 0.238 e. The zero-order valence-electron chi connectivity index (χ0n) is 7.82. The van der Waals surface area contributed by atoms with Gasteiger partial charge in [-0.1, -0.05) is 11.3 Å². The molecule has 3 nitrogen and oxygen atoms in total. The highest BCUT2D eigenvalue weighted by molar-refractivity contribution is 9.10. The molecule has 0 saturated heterocycles. The number of hydrogen-bond donors (Lipinski definition) is 0. The summed E-state index contributed by atoms with van der Waals surface area (Å²) in [5, 5.41) is 0.712. The summed E-state index contributed by atoms with van der Waals surface area (Å²) >= 11 is 4.45. The van der Waals surface area contributed by atoms with Gasteiger partial charge in [-0.25, -0.2) is 0 Å². The van der Waals surface area contributed by atoms with Crippen molar-refractivity contribution >= 4 is 33.0 Å². The topological polar surface area (TPSA) is 39.4 Å². The number of thiophene rings is 1. The molecule has 5 heteroatoms. The average Bonchev–Trinajstić information content (AvgIpc) is 2.84. The number of hydrogen-bond acceptors (Lipinski definition) is 4. The highest BCUT2D eigenvalue weighted by atomic mass is 79.9. The molecule has 2 heterocycles. The van der Waals surface area contributed by atoms with Gasteiger partial charge in [0.15, 0.2) is 15.5 Å². The van der Waals surface area contributed by atoms with Crippen molar-refractivity contribution in [2.75, 3.05) is 7.11 Å². The van der Waals surface area contributed by atoms with E-state index in [9.17, 15) is 4.79 Å². The number of carbonyl (C=O) groups excluding carboxylic acids is 1. The molecule has 0 aliphatic carbocycles. The van der Waals surface area contributed by atoms with E-state index in [0.717, 1.165) is 0 Å². The first-order valence-electron chi connectivity index (χ1n) is 4.14. The van der Waals surface area contributed by atoms with E-state index in [4.69, 9.17) is 9.15 Å². The summed E-state index contributed by atoms with van der Waals surface area (Å²) in [6.45, 7) is 0. The minimum atomic E-state index is -0.131. The zero-order valence-corrected chi connectivity index (χ0v) is 10.2. The van der Waals surface area contributed by atoms with Crippen LogP contribution in [0.25, 0.3) is 0 Å². The predicted octanol–water partition coefficient (Wildman–Crippen LogP) is 3.34. The van der Waals surface area contributed by atoms with E-state index in [1.807, 2.05) is 0 Å². The summed E-state index contributed by atoms with van der Waals surface area (Å²) in [5.41, 5.74) is 0. The maximum absolute atomic E-state index is 11.8. The Balaban J connectivity index is 2.28. The van der Waals surface area contributed by atoms with Gasteiger partial charge < -0.3 is 9.15 Å². The fourth-order valence-corrected chi connectivity index (χ4v) is 2.18. The molecule has 0 radical (unpaired) electrons. The molecule has 0 fully saturated rings. The minimum absolute atomic E-state index is 0.131. The Morgan fingerprint density at radius 2 is 2.20 bits per heavy atom. The summed E-state index contributed by atoms with van der Waals surface area (Å²) in [6, 6.07) is 6.81. The van der Waals surface area contributed by atoms with E-state index in [-0.39, 0.29) is 5.78 Å². The monoisotopic (exact) mass is 286 g/mol. The number of carbonyl (C=O) groups is 1. The first-order valence-corrected chi connectivity index (χ1v) is 5.75. The van der Waals surface area contributed by atoms with Crippen molar-refractivity contribution in [1.82, 2.24) is 0 Å². The predicted molar refractivity (Wildman–Crippen MR) is 60.7 cm³/mol. The lowest BCUT2D eigenvalue weighted by Crippen LogP contribution is -1.95. The van der Waals surface area contributed by atoms with Gasteiger partial charge in [0.05, 0.1) is 12.0 Å². The van der Waals surface area contributed by atoms with Crippen LogP contribution in [0, 0.1) is 0 Å². The SMILES string of the molecule is COc1ccc(C(=O)c2ccc(Br)o2)s1. The van der Waals surface area contributed by atoms with Crippen molar-refractivity contribution in [3.8, 4) is 5.06 Å². The standard InChI is InChI=1S/C10H7BrO3S/c1-13-9-5-3-7(15-9)10(12)6-2-4-8(11)14-6/h2-5H,1H3. The Labute approximate surface area is 98.8 Å². The lowest BCUT2D eigenvalue weighted by atomic mass is 10.2. The van der Waals surface area contributed by atoms with E-state index in [1.165, 1.54) is 11.3 Å². The Bertz CT molecular complexity index is 486. The Kier molecular flexibility index (Phi) is 2.93. The number of rotatable bonds is 3. The van der Waals surface area contributed by atoms with Gasteiger partial charge in [0.1, 0.15) is 0 Å². The molecule has 78 valence electrons. The van der Waals surface area contributed by atoms with Crippen molar-refractivity contribution < 1.29 is 13.9 Å². The molecule has 0 amide bonds. The van der Waals surface area contributed by atoms with Crippen molar-refractivity contribution in [1.29, 1.82) is 0 Å². The number of halogens is 1. The molecule has 2 aromatic rings. The summed E-state index contributed by atoms with van der Waals surface area (Å²) in [7, 11) is 1.57. The lowest BCUT2D eigenvalue weighted by molar-refractivity contribution is 0.101. The summed E-state index contributed by atoms with van der Waals surface area (Å²) in [5.74, 6) is 0.195. The molecular weight excluding hydrogens is 280 g/mol. The third kappa shape index (κ3) is 2.13. The van der Waals surface area contributed by atoms with Gasteiger partial charge in [0, 0.05) is 0 Å². The summed E-state index contributed by atoms with van der Waals surface area (Å²) in [4.78, 5) is 12.4. The van der Waals surface area contributed by atoms with Crippen molar-refractivity contribution in [2.24, 2.45) is 0 Å². The van der Waals surface area contributed by atoms with Gasteiger partial charge >= 0.3 is 0 Å². The quantitative estimate of drug-likeness (QED) is 0.813. The van der Waals surface area contributed by atoms with E-state index in [1.54, 1.807) is 31.4 Å². The van der Waals surface area contributed by atoms with Crippen LogP contribution in [0.2, 0.25) is 0 Å². The number of methoxy groups -OCH3 is 1. The second kappa shape index (κ2) is 4.20. The fourth-order valence-electron chi connectivity index (χ4n) is 1.11.